The van der Waals surface area contributed by atoms with Gasteiger partial charge >= 0.3 is 0 Å². The lowest BCUT2D eigenvalue weighted by Crippen LogP contribution is -2.57. The molecule has 8 aromatic rings. The van der Waals surface area contributed by atoms with Gasteiger partial charge in [-0.3, -0.25) is 9.97 Å². The summed E-state index contributed by atoms with van der Waals surface area (Å²) in [6.07, 6.45) is 3.67. The number of pyridine rings is 4. The number of hydrogen-bond acceptors (Lipinski definition) is 4. The maximum atomic E-state index is 5.54. The van der Waals surface area contributed by atoms with Gasteiger partial charge in [0.1, 0.15) is 0 Å². The third-order valence-corrected chi connectivity index (χ3v) is 15.4. The fraction of sp³-hybridized carbons (Fsp3) is 0. The molecule has 0 saturated carbocycles. The van der Waals surface area contributed by atoms with Crippen LogP contribution in [-0.2, 0) is 0 Å². The van der Waals surface area contributed by atoms with E-state index in [9.17, 15) is 0 Å². The zero-order valence-electron chi connectivity index (χ0n) is 28.8. The molecule has 2 aliphatic heterocycles. The zero-order chi connectivity index (χ0) is 35.2. The monoisotopic (exact) mass is 692 g/mol. The first-order valence-electron chi connectivity index (χ1n) is 17.9. The number of fused-ring (bicyclic) bond motifs is 5. The lowest BCUT2D eigenvalue weighted by Gasteiger charge is -2.32. The normalized spacial score (nSPS) is 14.0. The van der Waals surface area contributed by atoms with Gasteiger partial charge in [-0.1, -0.05) is 133 Å². The van der Waals surface area contributed by atoms with Crippen molar-refractivity contribution in [2.24, 2.45) is 0 Å². The molecule has 0 atom stereocenters. The summed E-state index contributed by atoms with van der Waals surface area (Å²) in [6.45, 7) is 0. The quantitative estimate of drug-likeness (QED) is 0.163. The predicted molar refractivity (Wildman–Crippen MR) is 218 cm³/mol. The third kappa shape index (κ3) is 4.89. The summed E-state index contributed by atoms with van der Waals surface area (Å²) in [4.78, 5) is 20.5. The maximum absolute atomic E-state index is 5.54. The van der Waals surface area contributed by atoms with E-state index in [0.717, 1.165) is 45.3 Å². The first kappa shape index (κ1) is 31.0. The van der Waals surface area contributed by atoms with Crippen LogP contribution in [0.2, 0.25) is 0 Å². The summed E-state index contributed by atoms with van der Waals surface area (Å²) in [5.41, 5.74) is 12.5. The van der Waals surface area contributed by atoms with E-state index in [2.05, 4.69) is 146 Å². The molecule has 0 radical (unpaired) electrons. The van der Waals surface area contributed by atoms with Crippen molar-refractivity contribution in [3.63, 3.8) is 0 Å². The molecule has 0 aliphatic carbocycles. The lowest BCUT2D eigenvalue weighted by atomic mass is 9.90. The molecule has 10 rings (SSSR count). The van der Waals surface area contributed by atoms with Crippen molar-refractivity contribution in [1.29, 1.82) is 0 Å². The van der Waals surface area contributed by atoms with Gasteiger partial charge in [0.05, 0.1) is 34.2 Å². The summed E-state index contributed by atoms with van der Waals surface area (Å²) in [5.74, 6) is 0. The minimum Gasteiger partial charge on any atom is -0.255 e. The summed E-state index contributed by atoms with van der Waals surface area (Å²) in [6, 6.07) is 64.6. The van der Waals surface area contributed by atoms with Crippen molar-refractivity contribution in [2.75, 3.05) is 0 Å². The Morgan fingerprint density at radius 3 is 1.11 bits per heavy atom. The van der Waals surface area contributed by atoms with E-state index in [-0.39, 0.29) is 0 Å². The van der Waals surface area contributed by atoms with Crippen LogP contribution < -0.4 is 10.4 Å². The Morgan fingerprint density at radius 1 is 0.302 bits per heavy atom. The molecule has 2 aliphatic rings. The van der Waals surface area contributed by atoms with Crippen LogP contribution in [0.25, 0.3) is 55.4 Å². The number of allylic oxidation sites excluding steroid dienone is 2. The molecule has 0 bridgehead atoms. The van der Waals surface area contributed by atoms with Crippen molar-refractivity contribution < 1.29 is 0 Å². The Labute approximate surface area is 309 Å². The Bertz CT molecular complexity index is 2520. The topological polar surface area (TPSA) is 51.6 Å². The van der Waals surface area contributed by atoms with Crippen LogP contribution in [0.3, 0.4) is 0 Å². The average Bonchev–Trinajstić information content (AvgIpc) is 3.73. The second kappa shape index (κ2) is 12.7. The van der Waals surface area contributed by atoms with E-state index in [1.807, 2.05) is 48.8 Å². The summed E-state index contributed by atoms with van der Waals surface area (Å²) >= 11 is 0. The van der Waals surface area contributed by atoms with Gasteiger partial charge in [0.2, 0.25) is 0 Å². The molecule has 0 unspecified atom stereocenters. The molecule has 0 fully saturated rings. The summed E-state index contributed by atoms with van der Waals surface area (Å²) in [7, 11) is -3.20. The molecule has 0 saturated heterocycles. The van der Waals surface area contributed by atoms with Crippen molar-refractivity contribution in [3.8, 4) is 33.9 Å². The van der Waals surface area contributed by atoms with Crippen molar-refractivity contribution >= 4 is 40.0 Å². The molecule has 0 amide bonds. The van der Waals surface area contributed by atoms with E-state index in [1.165, 1.54) is 43.0 Å². The van der Waals surface area contributed by atoms with Crippen LogP contribution in [0.4, 0.5) is 0 Å². The summed E-state index contributed by atoms with van der Waals surface area (Å²) in [5, 5.41) is 5.22. The van der Waals surface area contributed by atoms with Crippen molar-refractivity contribution in [3.05, 3.63) is 217 Å². The van der Waals surface area contributed by atoms with Gasteiger partial charge in [-0.05, 0) is 103 Å². The number of benzene rings is 4. The molecule has 53 heavy (non-hydrogen) atoms. The van der Waals surface area contributed by atoms with Gasteiger partial charge in [-0.2, -0.15) is 0 Å². The Morgan fingerprint density at radius 2 is 0.679 bits per heavy atom. The van der Waals surface area contributed by atoms with E-state index in [0.29, 0.717) is 0 Å². The van der Waals surface area contributed by atoms with E-state index < -0.39 is 8.07 Å². The van der Waals surface area contributed by atoms with Crippen LogP contribution in [0.1, 0.15) is 22.5 Å². The zero-order valence-corrected chi connectivity index (χ0v) is 29.8. The fourth-order valence-electron chi connectivity index (χ4n) is 8.41. The highest BCUT2D eigenvalue weighted by atomic mass is 28.3. The van der Waals surface area contributed by atoms with Crippen LogP contribution in [0.15, 0.2) is 194 Å². The highest BCUT2D eigenvalue weighted by Crippen LogP contribution is 2.57. The number of aromatic nitrogens is 4. The average molecular weight is 693 g/mol. The molecule has 6 heterocycles. The Hall–Kier alpha value is -6.82. The molecule has 1 spiro atoms. The summed E-state index contributed by atoms with van der Waals surface area (Å²) < 4.78 is 0. The first-order valence-corrected chi connectivity index (χ1v) is 19.9. The van der Waals surface area contributed by atoms with Crippen LogP contribution in [-0.4, -0.2) is 28.0 Å². The van der Waals surface area contributed by atoms with E-state index >= 15 is 0 Å². The molecule has 4 aromatic carbocycles. The number of nitrogens with zero attached hydrogens (tertiary/aromatic N) is 4. The van der Waals surface area contributed by atoms with Gasteiger partial charge in [-0.25, -0.2) is 9.97 Å². The molecule has 0 N–H and O–H groups in total. The maximum Gasteiger partial charge on any atom is 0.187 e. The largest absolute Gasteiger partial charge is 0.255 e. The van der Waals surface area contributed by atoms with Crippen LogP contribution >= 0.6 is 0 Å². The number of rotatable bonds is 6. The Balaban J connectivity index is 1.41. The number of hydrogen-bond donors (Lipinski definition) is 0. The van der Waals surface area contributed by atoms with Gasteiger partial charge in [-0.15, -0.1) is 0 Å². The second-order valence-corrected chi connectivity index (χ2v) is 16.9. The van der Waals surface area contributed by atoms with Gasteiger partial charge < -0.3 is 0 Å². The third-order valence-electron chi connectivity index (χ3n) is 10.4. The predicted octanol–water partition coefficient (Wildman–Crippen LogP) is 9.46. The van der Waals surface area contributed by atoms with Crippen molar-refractivity contribution in [1.82, 2.24) is 19.9 Å². The standard InChI is InChI=1S/C48H32N4Si/c1-3-17-33(18-4-1)45-46(34-19-5-2-6-20-34)48(42-28-16-26-40(52-42)38-24-12-14-32-50-38)53(43-29-9-7-21-35(43)36-22-8-10-30-44(36)53)47(45)41-27-15-25-39(51-41)37-23-11-13-31-49-37/h1-32H. The van der Waals surface area contributed by atoms with Crippen LogP contribution in [0, 0.1) is 0 Å². The van der Waals surface area contributed by atoms with Crippen LogP contribution in [0.5, 0.6) is 0 Å². The molecular weight excluding hydrogens is 661 g/mol. The molecule has 4 nitrogen and oxygen atoms in total. The molecule has 5 heteroatoms. The molecule has 4 aromatic heterocycles. The molecule has 248 valence electrons. The minimum absolute atomic E-state index is 0.844. The fourth-order valence-corrected chi connectivity index (χ4v) is 14.3. The highest BCUT2D eigenvalue weighted by molar-refractivity contribution is 7.31. The van der Waals surface area contributed by atoms with Gasteiger partial charge in [0.15, 0.2) is 8.07 Å². The molecular formula is C48H32N4Si. The van der Waals surface area contributed by atoms with Crippen molar-refractivity contribution in [2.45, 2.75) is 0 Å². The Kier molecular flexibility index (Phi) is 7.44. The lowest BCUT2D eigenvalue weighted by molar-refractivity contribution is 1.23. The first-order chi connectivity index (χ1) is 26.3. The second-order valence-electron chi connectivity index (χ2n) is 13.3. The SMILES string of the molecule is c1ccc(C2=C(c3cccc(-c4ccccn4)n3)[Si]3(C(c4cccc(-c5ccccn5)n4)=C2c2ccccc2)c2ccccc2-c2ccccc23)cc1. The van der Waals surface area contributed by atoms with E-state index in [4.69, 9.17) is 19.9 Å². The van der Waals surface area contributed by atoms with Gasteiger partial charge in [0, 0.05) is 12.4 Å². The van der Waals surface area contributed by atoms with E-state index in [1.54, 1.807) is 0 Å². The minimum atomic E-state index is -3.20. The highest BCUT2D eigenvalue weighted by Gasteiger charge is 2.58. The smallest absolute Gasteiger partial charge is 0.187 e. The van der Waals surface area contributed by atoms with Gasteiger partial charge in [0.25, 0.3) is 0 Å².